The van der Waals surface area contributed by atoms with Crippen molar-refractivity contribution in [2.24, 2.45) is 5.73 Å². The number of carbonyl (C=O) groups excluding carboxylic acids is 3. The molecule has 2 amide bonds. The molecule has 234 valence electrons. The lowest BCUT2D eigenvalue weighted by Crippen LogP contribution is -2.26. The number of carbonyl (C=O) groups is 3. The molecule has 5 rings (SSSR count). The Morgan fingerprint density at radius 2 is 1.84 bits per heavy atom. The molecule has 3 heterocycles. The highest BCUT2D eigenvalue weighted by molar-refractivity contribution is 7.13. The van der Waals surface area contributed by atoms with Crippen LogP contribution in [0.15, 0.2) is 53.9 Å². The molecule has 13 heteroatoms. The Balaban J connectivity index is 1.70. The topological polar surface area (TPSA) is 133 Å². The number of amides is 2. The summed E-state index contributed by atoms with van der Waals surface area (Å²) in [6.45, 7) is 2.49. The molecule has 0 saturated carbocycles. The van der Waals surface area contributed by atoms with Crippen LogP contribution in [0.3, 0.4) is 0 Å². The Labute approximate surface area is 260 Å². The van der Waals surface area contributed by atoms with Crippen molar-refractivity contribution in [2.45, 2.75) is 32.5 Å². The van der Waals surface area contributed by atoms with Gasteiger partial charge in [0.25, 0.3) is 11.8 Å². The lowest BCUT2D eigenvalue weighted by Gasteiger charge is -2.19. The third-order valence-electron chi connectivity index (χ3n) is 7.19. The number of pyridine rings is 1. The van der Waals surface area contributed by atoms with E-state index in [1.807, 2.05) is 18.4 Å². The van der Waals surface area contributed by atoms with Crippen molar-refractivity contribution < 1.29 is 37.0 Å². The van der Waals surface area contributed by atoms with Crippen molar-refractivity contribution in [1.82, 2.24) is 10.3 Å². The number of nitrogens with two attached hydrogens (primary N) is 1. The van der Waals surface area contributed by atoms with Gasteiger partial charge >= 0.3 is 12.1 Å². The number of hydrogen-bond acceptors (Lipinski definition) is 8. The quantitative estimate of drug-likeness (QED) is 0.200. The number of benzene rings is 2. The first-order valence-electron chi connectivity index (χ1n) is 14.0. The zero-order valence-electron chi connectivity index (χ0n) is 24.3. The van der Waals surface area contributed by atoms with Crippen LogP contribution in [0.25, 0.3) is 21.6 Å². The molecule has 0 fully saturated rings. The summed E-state index contributed by atoms with van der Waals surface area (Å²) in [7, 11) is 1.15. The van der Waals surface area contributed by atoms with Gasteiger partial charge in [0.15, 0.2) is 5.69 Å². The van der Waals surface area contributed by atoms with Gasteiger partial charge in [-0.05, 0) is 65.4 Å². The molecular weight excluding hydrogens is 609 g/mol. The molecule has 2 aromatic heterocycles. The number of alkyl halides is 3. The van der Waals surface area contributed by atoms with E-state index in [1.54, 1.807) is 6.07 Å². The summed E-state index contributed by atoms with van der Waals surface area (Å²) >= 11 is 1.44. The van der Waals surface area contributed by atoms with Gasteiger partial charge in [-0.3, -0.25) is 9.59 Å². The number of nitrogens with one attached hydrogen (secondary N) is 2. The first kappa shape index (κ1) is 31.7. The number of thiophene rings is 1. The Morgan fingerprint density at radius 3 is 2.56 bits per heavy atom. The lowest BCUT2D eigenvalue weighted by molar-refractivity contribution is -0.137. The number of rotatable bonds is 8. The molecule has 1 aliphatic heterocycles. The summed E-state index contributed by atoms with van der Waals surface area (Å²) in [6.07, 6.45) is -3.50. The van der Waals surface area contributed by atoms with E-state index in [2.05, 4.69) is 15.6 Å². The van der Waals surface area contributed by atoms with Gasteiger partial charge in [-0.2, -0.15) is 13.2 Å². The van der Waals surface area contributed by atoms with E-state index in [0.29, 0.717) is 37.3 Å². The molecule has 0 spiro atoms. The molecule has 9 nitrogen and oxygen atoms in total. The second kappa shape index (κ2) is 13.1. The van der Waals surface area contributed by atoms with Gasteiger partial charge in [-0.1, -0.05) is 13.0 Å². The van der Waals surface area contributed by atoms with Crippen molar-refractivity contribution in [3.63, 3.8) is 0 Å². The van der Waals surface area contributed by atoms with Crippen LogP contribution in [-0.2, 0) is 23.9 Å². The number of methoxy groups -OCH3 is 1. The normalized spacial score (nSPS) is 12.3. The predicted molar refractivity (Wildman–Crippen MR) is 163 cm³/mol. The maximum Gasteiger partial charge on any atom is 0.418 e. The zero-order valence-corrected chi connectivity index (χ0v) is 25.2. The molecular formula is C32H29F3N4O5S. The molecule has 0 radical (unpaired) electrons. The SMILES string of the molecule is CCCNC(=O)c1ccc(-c2cc3c(cc2C(=O)Nc2ccc(CN)cc2C(F)(F)F)-c2sccc2CCO3)c(C(=O)OC)n1. The van der Waals surface area contributed by atoms with Gasteiger partial charge in [0.2, 0.25) is 0 Å². The van der Waals surface area contributed by atoms with E-state index >= 15 is 0 Å². The molecule has 0 unspecified atom stereocenters. The first-order valence-corrected chi connectivity index (χ1v) is 14.9. The number of ether oxygens (including phenoxy) is 2. The second-order valence-corrected chi connectivity index (χ2v) is 11.1. The van der Waals surface area contributed by atoms with E-state index in [-0.39, 0.29) is 40.2 Å². The zero-order chi connectivity index (χ0) is 32.3. The molecule has 4 N–H and O–H groups in total. The molecule has 1 aliphatic rings. The highest BCUT2D eigenvalue weighted by Gasteiger charge is 2.35. The lowest BCUT2D eigenvalue weighted by atomic mass is 9.93. The molecule has 0 bridgehead atoms. The summed E-state index contributed by atoms with van der Waals surface area (Å²) in [5.41, 5.74) is 5.75. The van der Waals surface area contributed by atoms with E-state index in [1.165, 1.54) is 35.6 Å². The minimum Gasteiger partial charge on any atom is -0.493 e. The number of halogens is 3. The Bertz CT molecular complexity index is 1790. The smallest absolute Gasteiger partial charge is 0.418 e. The van der Waals surface area contributed by atoms with E-state index < -0.39 is 35.2 Å². The first-order chi connectivity index (χ1) is 21.5. The number of fused-ring (bicyclic) bond motifs is 3. The second-order valence-electron chi connectivity index (χ2n) is 10.1. The summed E-state index contributed by atoms with van der Waals surface area (Å²) in [5.74, 6) is -1.86. The average molecular weight is 639 g/mol. The Kier molecular flexibility index (Phi) is 9.21. The molecule has 45 heavy (non-hydrogen) atoms. The van der Waals surface area contributed by atoms with Gasteiger partial charge in [0.1, 0.15) is 11.4 Å². The van der Waals surface area contributed by atoms with Crippen LogP contribution in [0.2, 0.25) is 0 Å². The summed E-state index contributed by atoms with van der Waals surface area (Å²) < 4.78 is 53.1. The highest BCUT2D eigenvalue weighted by atomic mass is 32.1. The van der Waals surface area contributed by atoms with Crippen LogP contribution in [0.1, 0.15) is 61.4 Å². The maximum absolute atomic E-state index is 14.0. The fourth-order valence-electron chi connectivity index (χ4n) is 4.96. The summed E-state index contributed by atoms with van der Waals surface area (Å²) in [4.78, 5) is 44.7. The fourth-order valence-corrected chi connectivity index (χ4v) is 5.94. The molecule has 4 aromatic rings. The standard InChI is InChI=1S/C32H29F3N4O5S/c1-3-10-37-30(41)25-7-5-19(27(38-25)31(42)43-2)20-15-26-22(28-18(8-11-44-26)9-12-45-28)14-21(20)29(40)39-24-6-4-17(16-36)13-23(24)32(33,34)35/h4-7,9,12-15H,3,8,10-11,16,36H2,1-2H3,(H,37,41)(H,39,40). The van der Waals surface area contributed by atoms with Crippen LogP contribution in [0, 0.1) is 0 Å². The number of hydrogen-bond donors (Lipinski definition) is 3. The minimum atomic E-state index is -4.78. The molecule has 0 saturated heterocycles. The number of anilines is 1. The van der Waals surface area contributed by atoms with Crippen LogP contribution < -0.4 is 21.1 Å². The summed E-state index contributed by atoms with van der Waals surface area (Å²) in [6, 6.07) is 11.3. The van der Waals surface area contributed by atoms with Crippen molar-refractivity contribution in [3.8, 4) is 27.3 Å². The predicted octanol–water partition coefficient (Wildman–Crippen LogP) is 6.07. The average Bonchev–Trinajstić information content (AvgIpc) is 3.43. The number of esters is 1. The van der Waals surface area contributed by atoms with Crippen molar-refractivity contribution in [1.29, 1.82) is 0 Å². The fraction of sp³-hybridized carbons (Fsp3) is 0.250. The Morgan fingerprint density at radius 1 is 1.04 bits per heavy atom. The molecule has 0 aliphatic carbocycles. The van der Waals surface area contributed by atoms with Crippen molar-refractivity contribution in [3.05, 3.63) is 87.6 Å². The van der Waals surface area contributed by atoms with Crippen molar-refractivity contribution >= 4 is 34.8 Å². The van der Waals surface area contributed by atoms with Crippen LogP contribution in [0.4, 0.5) is 18.9 Å². The van der Waals surface area contributed by atoms with Gasteiger partial charge in [-0.25, -0.2) is 9.78 Å². The minimum absolute atomic E-state index is 0.0511. The Hall–Kier alpha value is -4.75. The van der Waals surface area contributed by atoms with E-state index in [9.17, 15) is 27.6 Å². The highest BCUT2D eigenvalue weighted by Crippen LogP contribution is 2.44. The number of nitrogens with zero attached hydrogens (tertiary/aromatic N) is 1. The molecule has 0 atom stereocenters. The van der Waals surface area contributed by atoms with Gasteiger partial charge in [0, 0.05) is 46.6 Å². The van der Waals surface area contributed by atoms with Gasteiger partial charge in [-0.15, -0.1) is 11.3 Å². The van der Waals surface area contributed by atoms with E-state index in [0.717, 1.165) is 29.7 Å². The third kappa shape index (κ3) is 6.54. The largest absolute Gasteiger partial charge is 0.493 e. The van der Waals surface area contributed by atoms with Crippen molar-refractivity contribution in [2.75, 3.05) is 25.6 Å². The van der Waals surface area contributed by atoms with Crippen LogP contribution >= 0.6 is 11.3 Å². The van der Waals surface area contributed by atoms with E-state index in [4.69, 9.17) is 15.2 Å². The summed E-state index contributed by atoms with van der Waals surface area (Å²) in [5, 5.41) is 7.01. The van der Waals surface area contributed by atoms with Gasteiger partial charge < -0.3 is 25.8 Å². The maximum atomic E-state index is 14.0. The monoisotopic (exact) mass is 638 g/mol. The van der Waals surface area contributed by atoms with Crippen LogP contribution in [-0.4, -0.2) is 43.0 Å². The molecule has 2 aromatic carbocycles. The van der Waals surface area contributed by atoms with Gasteiger partial charge in [0.05, 0.1) is 25.0 Å². The third-order valence-corrected chi connectivity index (χ3v) is 8.18. The number of aromatic nitrogens is 1. The van der Waals surface area contributed by atoms with Crippen LogP contribution in [0.5, 0.6) is 5.75 Å².